The van der Waals surface area contributed by atoms with Gasteiger partial charge in [-0.25, -0.2) is 4.99 Å². The van der Waals surface area contributed by atoms with Crippen molar-refractivity contribution in [2.45, 2.75) is 61.8 Å². The Morgan fingerprint density at radius 2 is 2.03 bits per heavy atom. The van der Waals surface area contributed by atoms with Gasteiger partial charge in [-0.2, -0.15) is 0 Å². The largest absolute Gasteiger partial charge is 0.377 e. The van der Waals surface area contributed by atoms with Gasteiger partial charge in [-0.1, -0.05) is 11.8 Å². The highest BCUT2D eigenvalue weighted by Gasteiger charge is 2.39. The van der Waals surface area contributed by atoms with Crippen LogP contribution in [0.5, 0.6) is 0 Å². The van der Waals surface area contributed by atoms with E-state index < -0.39 is 0 Å². The van der Waals surface area contributed by atoms with Gasteiger partial charge in [0.1, 0.15) is 6.17 Å². The van der Waals surface area contributed by atoms with Gasteiger partial charge in [0, 0.05) is 13.2 Å². The van der Waals surface area contributed by atoms with Gasteiger partial charge in [-0.3, -0.25) is 30.4 Å². The summed E-state index contributed by atoms with van der Waals surface area (Å²) in [5.41, 5.74) is 5.82. The Hall–Kier alpha value is -1.40. The first kappa shape index (κ1) is 20.9. The highest BCUT2D eigenvalue weighted by atomic mass is 32.2. The van der Waals surface area contributed by atoms with Crippen LogP contribution in [-0.2, 0) is 9.53 Å². The number of thioether (sulfide) groups is 1. The van der Waals surface area contributed by atoms with Gasteiger partial charge in [0.15, 0.2) is 5.96 Å². The third-order valence-electron chi connectivity index (χ3n) is 6.28. The van der Waals surface area contributed by atoms with Gasteiger partial charge in [0.2, 0.25) is 5.91 Å². The second-order valence-electron chi connectivity index (χ2n) is 8.27. The maximum absolute atomic E-state index is 11.7. The first-order valence-corrected chi connectivity index (χ1v) is 11.3. The number of rotatable bonds is 7. The number of carbonyl (C=O) groups is 2. The van der Waals surface area contributed by atoms with Crippen LogP contribution in [0.2, 0.25) is 0 Å². The molecule has 0 aromatic heterocycles. The van der Waals surface area contributed by atoms with Crippen molar-refractivity contribution in [1.82, 2.24) is 26.2 Å². The number of fused-ring (bicyclic) bond motifs is 1. The van der Waals surface area contributed by atoms with Gasteiger partial charge >= 0.3 is 0 Å². The molecule has 0 bridgehead atoms. The zero-order chi connectivity index (χ0) is 20.4. The molecule has 10 nitrogen and oxygen atoms in total. The highest BCUT2D eigenvalue weighted by molar-refractivity contribution is 8.15. The van der Waals surface area contributed by atoms with Crippen LogP contribution in [0, 0.1) is 5.92 Å². The summed E-state index contributed by atoms with van der Waals surface area (Å²) >= 11 is 1.14. The Morgan fingerprint density at radius 1 is 1.24 bits per heavy atom. The van der Waals surface area contributed by atoms with E-state index >= 15 is 0 Å². The Morgan fingerprint density at radius 3 is 2.76 bits per heavy atom. The lowest BCUT2D eigenvalue weighted by Gasteiger charge is -2.40. The number of carbonyl (C=O) groups excluding carboxylic acids is 2. The summed E-state index contributed by atoms with van der Waals surface area (Å²) in [5.74, 6) is 0.862. The molecule has 0 aromatic carbocycles. The maximum atomic E-state index is 11.7. The van der Waals surface area contributed by atoms with Gasteiger partial charge in [-0.05, 0) is 45.1 Å². The van der Waals surface area contributed by atoms with Crippen molar-refractivity contribution in [3.05, 3.63) is 0 Å². The maximum Gasteiger partial charge on any atom is 0.286 e. The monoisotopic (exact) mass is 425 g/mol. The fourth-order valence-electron chi connectivity index (χ4n) is 4.65. The normalized spacial score (nSPS) is 37.2. The second kappa shape index (κ2) is 9.17. The van der Waals surface area contributed by atoms with Crippen LogP contribution >= 0.6 is 11.8 Å². The molecule has 0 aromatic rings. The van der Waals surface area contributed by atoms with E-state index in [1.165, 1.54) is 0 Å². The topological polar surface area (TPSA) is 133 Å². The van der Waals surface area contributed by atoms with Crippen LogP contribution in [0.15, 0.2) is 4.99 Å². The summed E-state index contributed by atoms with van der Waals surface area (Å²) in [6.07, 6.45) is 5.37. The molecule has 4 atom stereocenters. The molecule has 0 radical (unpaired) electrons. The zero-order valence-corrected chi connectivity index (χ0v) is 17.5. The minimum Gasteiger partial charge on any atom is -0.377 e. The number of guanidine groups is 1. The Bertz CT molecular complexity index is 655. The van der Waals surface area contributed by atoms with Crippen molar-refractivity contribution < 1.29 is 14.3 Å². The Kier molecular flexibility index (Phi) is 6.60. The molecule has 2 amide bonds. The molecule has 162 valence electrons. The lowest BCUT2D eigenvalue weighted by Crippen LogP contribution is -2.67. The molecule has 11 heteroatoms. The predicted molar refractivity (Wildman–Crippen MR) is 111 cm³/mol. The number of nitrogens with zero attached hydrogens (tertiary/aromatic N) is 2. The number of hydrogen-bond acceptors (Lipinski definition) is 10. The molecule has 1 aliphatic carbocycles. The summed E-state index contributed by atoms with van der Waals surface area (Å²) in [6, 6.07) is 0.113. The Balaban J connectivity index is 1.14. The average Bonchev–Trinajstić information content (AvgIpc) is 3.23. The SMILES string of the molecule is CN(CCOC1CCC(CC2SC(=O)NC2=O)CC1)C1NCNC2N=C(N)NC21. The van der Waals surface area contributed by atoms with Crippen molar-refractivity contribution >= 4 is 28.9 Å². The van der Waals surface area contributed by atoms with Crippen molar-refractivity contribution in [2.75, 3.05) is 26.9 Å². The first-order valence-electron chi connectivity index (χ1n) is 10.4. The van der Waals surface area contributed by atoms with Gasteiger partial charge in [0.05, 0.1) is 30.2 Å². The van der Waals surface area contributed by atoms with Gasteiger partial charge in [-0.15, -0.1) is 0 Å². The number of aliphatic imine (C=N–C) groups is 1. The molecule has 3 fully saturated rings. The molecule has 3 aliphatic heterocycles. The number of ether oxygens (including phenoxy) is 1. The minimum absolute atomic E-state index is 0.00954. The third kappa shape index (κ3) is 5.02. The fraction of sp³-hybridized carbons (Fsp3) is 0.833. The number of nitrogens with one attached hydrogen (secondary N) is 4. The molecule has 29 heavy (non-hydrogen) atoms. The van der Waals surface area contributed by atoms with E-state index in [2.05, 4.69) is 38.2 Å². The minimum atomic E-state index is -0.210. The molecule has 0 spiro atoms. The molecule has 2 saturated heterocycles. The quantitative estimate of drug-likeness (QED) is 0.360. The van der Waals surface area contributed by atoms with E-state index in [0.29, 0.717) is 25.2 Å². The lowest BCUT2D eigenvalue weighted by molar-refractivity contribution is -0.119. The van der Waals surface area contributed by atoms with Crippen LogP contribution in [0.4, 0.5) is 4.79 Å². The van der Waals surface area contributed by atoms with Crippen LogP contribution in [0.25, 0.3) is 0 Å². The molecule has 4 rings (SSSR count). The number of nitrogens with two attached hydrogens (primary N) is 1. The van der Waals surface area contributed by atoms with Crippen LogP contribution in [-0.4, -0.2) is 78.6 Å². The third-order valence-corrected chi connectivity index (χ3v) is 7.28. The van der Waals surface area contributed by atoms with Gasteiger partial charge in [0.25, 0.3) is 5.24 Å². The highest BCUT2D eigenvalue weighted by Crippen LogP contribution is 2.34. The van der Waals surface area contributed by atoms with Crippen LogP contribution < -0.4 is 27.0 Å². The summed E-state index contributed by atoms with van der Waals surface area (Å²) in [4.78, 5) is 29.7. The molecule has 1 saturated carbocycles. The molecular weight excluding hydrogens is 394 g/mol. The standard InChI is InChI=1S/C18H31N7O3S/c1-25(15-13-14(20-9-21-15)23-17(19)22-13)6-7-28-11-4-2-10(3-5-11)8-12-16(26)24-18(27)29-12/h10-15,20-21H,2-9H2,1H3,(H3,19,22,23)(H,24,26,27). The van der Waals surface area contributed by atoms with Crippen molar-refractivity contribution in [3.63, 3.8) is 0 Å². The van der Waals surface area contributed by atoms with E-state index in [9.17, 15) is 9.59 Å². The molecule has 4 aliphatic rings. The second-order valence-corrected chi connectivity index (χ2v) is 9.45. The number of imide groups is 1. The lowest BCUT2D eigenvalue weighted by atomic mass is 9.84. The van der Waals surface area contributed by atoms with Gasteiger partial charge < -0.3 is 15.8 Å². The fourth-order valence-corrected chi connectivity index (χ4v) is 5.61. The van der Waals surface area contributed by atoms with Crippen LogP contribution in [0.1, 0.15) is 32.1 Å². The van der Waals surface area contributed by atoms with Crippen molar-refractivity contribution in [1.29, 1.82) is 0 Å². The van der Waals surface area contributed by atoms with E-state index in [-0.39, 0.29) is 40.9 Å². The molecule has 4 unspecified atom stereocenters. The Labute approximate surface area is 175 Å². The van der Waals surface area contributed by atoms with E-state index in [1.54, 1.807) is 0 Å². The summed E-state index contributed by atoms with van der Waals surface area (Å²) < 4.78 is 6.14. The number of likely N-dealkylation sites (N-methyl/N-ethyl adjacent to an activating group) is 1. The number of hydrogen-bond donors (Lipinski definition) is 5. The summed E-state index contributed by atoms with van der Waals surface area (Å²) in [7, 11) is 2.09. The van der Waals surface area contributed by atoms with Crippen molar-refractivity contribution in [3.8, 4) is 0 Å². The van der Waals surface area contributed by atoms with E-state index in [4.69, 9.17) is 10.5 Å². The summed E-state index contributed by atoms with van der Waals surface area (Å²) in [6.45, 7) is 2.20. The average molecular weight is 426 g/mol. The predicted octanol–water partition coefficient (Wildman–Crippen LogP) is -0.676. The summed E-state index contributed by atoms with van der Waals surface area (Å²) in [5, 5.41) is 11.9. The zero-order valence-electron chi connectivity index (χ0n) is 16.7. The molecule has 6 N–H and O–H groups in total. The smallest absolute Gasteiger partial charge is 0.286 e. The first-order chi connectivity index (χ1) is 14.0. The molecular formula is C18H31N7O3S. The number of amides is 2. The molecule has 3 heterocycles. The van der Waals surface area contributed by atoms with Crippen LogP contribution in [0.3, 0.4) is 0 Å². The van der Waals surface area contributed by atoms with E-state index in [1.807, 2.05) is 0 Å². The van der Waals surface area contributed by atoms with E-state index in [0.717, 1.165) is 50.4 Å². The van der Waals surface area contributed by atoms with Crippen molar-refractivity contribution in [2.24, 2.45) is 16.6 Å².